The number of aliphatic hydroxyl groups excluding tert-OH is 1. The van der Waals surface area contributed by atoms with Crippen molar-refractivity contribution in [1.29, 1.82) is 0 Å². The first kappa shape index (κ1) is 18.8. The van der Waals surface area contributed by atoms with Gasteiger partial charge in [-0.1, -0.05) is 41.5 Å². The maximum Gasteiger partial charge on any atom is 0.191 e. The molecule has 0 fully saturated rings. The third kappa shape index (κ3) is 6.68. The van der Waals surface area contributed by atoms with Crippen LogP contribution in [-0.4, -0.2) is 31.9 Å². The Kier molecular flexibility index (Phi) is 6.44. The Morgan fingerprint density at radius 1 is 1.16 bits per heavy atom. The molecule has 0 amide bonds. The first-order chi connectivity index (χ1) is 8.27. The highest BCUT2D eigenvalue weighted by Gasteiger charge is 2.37. The van der Waals surface area contributed by atoms with E-state index in [1.807, 2.05) is 20.8 Å². The van der Waals surface area contributed by atoms with E-state index in [4.69, 9.17) is 4.43 Å². The molecule has 1 unspecified atom stereocenters. The van der Waals surface area contributed by atoms with Gasteiger partial charge >= 0.3 is 0 Å². The van der Waals surface area contributed by atoms with Gasteiger partial charge in [0.05, 0.1) is 6.10 Å². The van der Waals surface area contributed by atoms with Crippen molar-refractivity contribution in [3.05, 3.63) is 0 Å². The predicted molar refractivity (Wildman–Crippen MR) is 82.9 cm³/mol. The summed E-state index contributed by atoms with van der Waals surface area (Å²) in [6.45, 7) is 17.2. The largest absolute Gasteiger partial charge is 0.417 e. The molecule has 0 aliphatic carbocycles. The number of hydrogen-bond acceptors (Lipinski definition) is 3. The zero-order valence-electron chi connectivity index (χ0n) is 14.0. The molecule has 0 aromatic heterocycles. The number of aliphatic hydroxyl groups is 1. The zero-order chi connectivity index (χ0) is 15.5. The van der Waals surface area contributed by atoms with Crippen molar-refractivity contribution < 1.29 is 14.3 Å². The Bertz CT molecular complexity index is 297. The zero-order valence-corrected chi connectivity index (χ0v) is 15.0. The number of rotatable bonds is 6. The van der Waals surface area contributed by atoms with Gasteiger partial charge in [-0.3, -0.25) is 4.79 Å². The lowest BCUT2D eigenvalue weighted by Crippen LogP contribution is -2.41. The van der Waals surface area contributed by atoms with Crippen molar-refractivity contribution in [3.63, 3.8) is 0 Å². The summed E-state index contributed by atoms with van der Waals surface area (Å²) in [5.74, 6) is 0.104. The molecule has 0 aliphatic heterocycles. The van der Waals surface area contributed by atoms with E-state index < -0.39 is 14.4 Å². The van der Waals surface area contributed by atoms with Crippen molar-refractivity contribution in [2.45, 2.75) is 78.6 Å². The Hall–Kier alpha value is -0.193. The summed E-state index contributed by atoms with van der Waals surface area (Å²) in [4.78, 5) is 11.8. The monoisotopic (exact) mass is 288 g/mol. The van der Waals surface area contributed by atoms with E-state index in [-0.39, 0.29) is 22.7 Å². The molecular weight excluding hydrogens is 256 g/mol. The van der Waals surface area contributed by atoms with Crippen LogP contribution in [0.2, 0.25) is 18.1 Å². The topological polar surface area (TPSA) is 46.5 Å². The maximum atomic E-state index is 11.8. The number of ketones is 1. The van der Waals surface area contributed by atoms with Gasteiger partial charge < -0.3 is 9.53 Å². The van der Waals surface area contributed by atoms with E-state index >= 15 is 0 Å². The summed E-state index contributed by atoms with van der Waals surface area (Å²) >= 11 is 0. The standard InChI is InChI=1S/C15H32O3Si/c1-14(2,3)13(17)11-12(16)9-10-18-19(7,8)15(4,5)6/h12,16H,9-11H2,1-8H3. The van der Waals surface area contributed by atoms with Crippen LogP contribution >= 0.6 is 0 Å². The van der Waals surface area contributed by atoms with E-state index in [1.165, 1.54) is 0 Å². The lowest BCUT2D eigenvalue weighted by Gasteiger charge is -2.36. The summed E-state index contributed by atoms with van der Waals surface area (Å²) in [6, 6.07) is 0. The fourth-order valence-corrected chi connectivity index (χ4v) is 2.35. The molecule has 0 saturated carbocycles. The van der Waals surface area contributed by atoms with Gasteiger partial charge in [-0.25, -0.2) is 0 Å². The van der Waals surface area contributed by atoms with E-state index in [2.05, 4.69) is 33.9 Å². The van der Waals surface area contributed by atoms with Crippen LogP contribution < -0.4 is 0 Å². The minimum Gasteiger partial charge on any atom is -0.417 e. The first-order valence-corrected chi connectivity index (χ1v) is 10.0. The van der Waals surface area contributed by atoms with Crippen LogP contribution in [0.15, 0.2) is 0 Å². The van der Waals surface area contributed by atoms with Crippen molar-refractivity contribution in [2.75, 3.05) is 6.61 Å². The molecule has 4 heteroatoms. The van der Waals surface area contributed by atoms with Crippen molar-refractivity contribution >= 4 is 14.1 Å². The van der Waals surface area contributed by atoms with Crippen LogP contribution in [0.25, 0.3) is 0 Å². The smallest absolute Gasteiger partial charge is 0.191 e. The molecular formula is C15H32O3Si. The normalized spacial score (nSPS) is 15.4. The van der Waals surface area contributed by atoms with Gasteiger partial charge in [0, 0.05) is 18.4 Å². The van der Waals surface area contributed by atoms with Crippen LogP contribution in [-0.2, 0) is 9.22 Å². The van der Waals surface area contributed by atoms with Gasteiger partial charge in [0.15, 0.2) is 8.32 Å². The van der Waals surface area contributed by atoms with Crippen molar-refractivity contribution in [3.8, 4) is 0 Å². The third-order valence-electron chi connectivity index (χ3n) is 3.98. The molecule has 114 valence electrons. The SMILES string of the molecule is CC(C)(C)C(=O)CC(O)CCO[Si](C)(C)C(C)(C)C. The van der Waals surface area contributed by atoms with Crippen LogP contribution in [0.4, 0.5) is 0 Å². The van der Waals surface area contributed by atoms with Crippen LogP contribution in [0, 0.1) is 5.41 Å². The minimum atomic E-state index is -1.74. The van der Waals surface area contributed by atoms with Crippen molar-refractivity contribution in [2.24, 2.45) is 5.41 Å². The van der Waals surface area contributed by atoms with Gasteiger partial charge in [0.25, 0.3) is 0 Å². The highest BCUT2D eigenvalue weighted by Crippen LogP contribution is 2.36. The van der Waals surface area contributed by atoms with Gasteiger partial charge in [0.1, 0.15) is 5.78 Å². The van der Waals surface area contributed by atoms with E-state index in [1.54, 1.807) is 0 Å². The Labute approximate surface area is 119 Å². The second-order valence-corrected chi connectivity index (χ2v) is 12.7. The summed E-state index contributed by atoms with van der Waals surface area (Å²) < 4.78 is 6.00. The third-order valence-corrected chi connectivity index (χ3v) is 8.52. The van der Waals surface area contributed by atoms with Crippen LogP contribution in [0.5, 0.6) is 0 Å². The van der Waals surface area contributed by atoms with E-state index in [9.17, 15) is 9.90 Å². The Balaban J connectivity index is 4.13. The molecule has 3 nitrogen and oxygen atoms in total. The molecule has 19 heavy (non-hydrogen) atoms. The predicted octanol–water partition coefficient (Wildman–Crippen LogP) is 3.76. The molecule has 0 saturated heterocycles. The summed E-state index contributed by atoms with van der Waals surface area (Å²) in [5.41, 5.74) is -0.374. The summed E-state index contributed by atoms with van der Waals surface area (Å²) in [6.07, 6.45) is 0.176. The first-order valence-electron chi connectivity index (χ1n) is 7.13. The van der Waals surface area contributed by atoms with Gasteiger partial charge in [0.2, 0.25) is 0 Å². The summed E-state index contributed by atoms with van der Waals surface area (Å²) in [5, 5.41) is 10.1. The summed E-state index contributed by atoms with van der Waals surface area (Å²) in [7, 11) is -1.74. The fraction of sp³-hybridized carbons (Fsp3) is 0.933. The fourth-order valence-electron chi connectivity index (χ4n) is 1.29. The molecule has 0 radical (unpaired) electrons. The minimum absolute atomic E-state index is 0.104. The molecule has 0 aromatic carbocycles. The second-order valence-electron chi connectivity index (χ2n) is 7.93. The van der Waals surface area contributed by atoms with Gasteiger partial charge in [-0.2, -0.15) is 0 Å². The van der Waals surface area contributed by atoms with Crippen LogP contribution in [0.3, 0.4) is 0 Å². The molecule has 1 atom stereocenters. The molecule has 0 bridgehead atoms. The number of hydrogen-bond donors (Lipinski definition) is 1. The molecule has 0 aromatic rings. The number of carbonyl (C=O) groups is 1. The average Bonchev–Trinajstić information content (AvgIpc) is 2.13. The lowest BCUT2D eigenvalue weighted by molar-refractivity contribution is -0.128. The highest BCUT2D eigenvalue weighted by molar-refractivity contribution is 6.74. The second kappa shape index (κ2) is 6.51. The molecule has 1 N–H and O–H groups in total. The van der Waals surface area contributed by atoms with E-state index in [0.29, 0.717) is 13.0 Å². The van der Waals surface area contributed by atoms with Crippen molar-refractivity contribution in [1.82, 2.24) is 0 Å². The molecule has 0 rings (SSSR count). The van der Waals surface area contributed by atoms with E-state index in [0.717, 1.165) is 0 Å². The van der Waals surface area contributed by atoms with Crippen LogP contribution in [0.1, 0.15) is 54.4 Å². The average molecular weight is 289 g/mol. The van der Waals surface area contributed by atoms with Gasteiger partial charge in [-0.05, 0) is 24.6 Å². The number of Topliss-reactive ketones (excluding diaryl/α,β-unsaturated/α-hetero) is 1. The van der Waals surface area contributed by atoms with Gasteiger partial charge in [-0.15, -0.1) is 0 Å². The Morgan fingerprint density at radius 3 is 2.00 bits per heavy atom. The molecule has 0 spiro atoms. The highest BCUT2D eigenvalue weighted by atomic mass is 28.4. The lowest BCUT2D eigenvalue weighted by atomic mass is 9.87. The maximum absolute atomic E-state index is 11.8. The Morgan fingerprint density at radius 2 is 1.63 bits per heavy atom. The number of carbonyl (C=O) groups excluding carboxylic acids is 1. The quantitative estimate of drug-likeness (QED) is 0.757. The molecule has 0 aliphatic rings. The molecule has 0 heterocycles.